The fourth-order valence-corrected chi connectivity index (χ4v) is 5.16. The summed E-state index contributed by atoms with van der Waals surface area (Å²) >= 11 is 0. The van der Waals surface area contributed by atoms with Crippen LogP contribution in [0.25, 0.3) is 0 Å². The summed E-state index contributed by atoms with van der Waals surface area (Å²) in [5.74, 6) is -0.00668. The number of primary amides is 1. The van der Waals surface area contributed by atoms with Gasteiger partial charge in [-0.3, -0.25) is 19.1 Å². The topological polar surface area (TPSA) is 111 Å². The van der Waals surface area contributed by atoms with Crippen LogP contribution in [-0.4, -0.2) is 47.7 Å². The fourth-order valence-electron chi connectivity index (χ4n) is 5.16. The van der Waals surface area contributed by atoms with Crippen molar-refractivity contribution in [3.63, 3.8) is 0 Å². The number of allylic oxidation sites excluding steroid dienone is 3. The highest BCUT2D eigenvalue weighted by Crippen LogP contribution is 2.34. The Hall–Kier alpha value is -3.88. The monoisotopic (exact) mass is 475 g/mol. The summed E-state index contributed by atoms with van der Waals surface area (Å²) in [4.78, 5) is 41.7. The summed E-state index contributed by atoms with van der Waals surface area (Å²) < 4.78 is 6.96. The van der Waals surface area contributed by atoms with Gasteiger partial charge in [-0.25, -0.2) is 0 Å². The van der Waals surface area contributed by atoms with Gasteiger partial charge in [-0.2, -0.15) is 5.10 Å². The average molecular weight is 476 g/mol. The van der Waals surface area contributed by atoms with Crippen LogP contribution in [0.1, 0.15) is 58.8 Å². The first-order valence-corrected chi connectivity index (χ1v) is 12.0. The minimum absolute atomic E-state index is 0.00998. The zero-order valence-electron chi connectivity index (χ0n) is 19.9. The highest BCUT2D eigenvalue weighted by Gasteiger charge is 2.37. The number of carbonyl (C=O) groups is 3. The molecule has 1 fully saturated rings. The molecule has 2 aromatic rings. The number of amides is 3. The van der Waals surface area contributed by atoms with Crippen LogP contribution >= 0.6 is 0 Å². The molecule has 0 radical (unpaired) electrons. The van der Waals surface area contributed by atoms with Crippen molar-refractivity contribution in [2.24, 2.45) is 11.7 Å². The molecule has 9 nitrogen and oxygen atoms in total. The molecule has 1 aromatic heterocycles. The molecule has 9 heteroatoms. The molecule has 2 unspecified atom stereocenters. The third-order valence-electron chi connectivity index (χ3n) is 7.01. The van der Waals surface area contributed by atoms with Crippen LogP contribution in [0, 0.1) is 5.92 Å². The predicted octanol–water partition coefficient (Wildman–Crippen LogP) is 2.98. The SMILES string of the molecule is COC1=CC(C)C(n2nc(C(N)=O)c3c2C(=O)N(c2ccc(N4CCCCC4=O)cc2)CC3)C=C1. The van der Waals surface area contributed by atoms with E-state index < -0.39 is 5.91 Å². The number of nitrogens with two attached hydrogens (primary N) is 1. The number of anilines is 2. The molecule has 0 spiro atoms. The largest absolute Gasteiger partial charge is 0.497 e. The Morgan fingerprint density at radius 1 is 1.06 bits per heavy atom. The molecule has 0 saturated carbocycles. The van der Waals surface area contributed by atoms with Crippen LogP contribution in [0.15, 0.2) is 48.3 Å². The van der Waals surface area contributed by atoms with Crippen LogP contribution in [0.2, 0.25) is 0 Å². The number of aromatic nitrogens is 2. The van der Waals surface area contributed by atoms with Crippen molar-refractivity contribution in [1.29, 1.82) is 0 Å². The number of fused-ring (bicyclic) bond motifs is 1. The zero-order chi connectivity index (χ0) is 24.7. The van der Waals surface area contributed by atoms with Gasteiger partial charge >= 0.3 is 0 Å². The van der Waals surface area contributed by atoms with Crippen molar-refractivity contribution in [3.8, 4) is 0 Å². The third kappa shape index (κ3) is 4.00. The van der Waals surface area contributed by atoms with E-state index in [-0.39, 0.29) is 29.5 Å². The van der Waals surface area contributed by atoms with E-state index in [4.69, 9.17) is 10.5 Å². The molecule has 2 aliphatic heterocycles. The maximum Gasteiger partial charge on any atom is 0.276 e. The number of hydrogen-bond donors (Lipinski definition) is 1. The van der Waals surface area contributed by atoms with E-state index in [0.29, 0.717) is 37.2 Å². The molecule has 182 valence electrons. The van der Waals surface area contributed by atoms with Crippen molar-refractivity contribution < 1.29 is 19.1 Å². The smallest absolute Gasteiger partial charge is 0.276 e. The summed E-state index contributed by atoms with van der Waals surface area (Å²) in [5.41, 5.74) is 8.33. The molecule has 5 rings (SSSR count). The van der Waals surface area contributed by atoms with Gasteiger partial charge in [-0.15, -0.1) is 0 Å². The van der Waals surface area contributed by atoms with Gasteiger partial charge in [0.25, 0.3) is 11.8 Å². The third-order valence-corrected chi connectivity index (χ3v) is 7.01. The molecular weight excluding hydrogens is 446 g/mol. The number of benzene rings is 1. The van der Waals surface area contributed by atoms with Crippen molar-refractivity contribution in [1.82, 2.24) is 9.78 Å². The summed E-state index contributed by atoms with van der Waals surface area (Å²) in [6.45, 7) is 3.13. The van der Waals surface area contributed by atoms with Gasteiger partial charge in [0.15, 0.2) is 5.69 Å². The normalized spacial score (nSPS) is 22.2. The lowest BCUT2D eigenvalue weighted by Gasteiger charge is -2.31. The maximum atomic E-state index is 13.8. The molecule has 2 N–H and O–H groups in total. The van der Waals surface area contributed by atoms with E-state index in [9.17, 15) is 14.4 Å². The van der Waals surface area contributed by atoms with Crippen LogP contribution in [0.5, 0.6) is 0 Å². The molecule has 1 aliphatic carbocycles. The summed E-state index contributed by atoms with van der Waals surface area (Å²) in [7, 11) is 1.61. The van der Waals surface area contributed by atoms with E-state index in [1.54, 1.807) is 21.6 Å². The number of methoxy groups -OCH3 is 1. The van der Waals surface area contributed by atoms with Gasteiger partial charge in [0.2, 0.25) is 5.91 Å². The Kier molecular flexibility index (Phi) is 5.92. The molecule has 3 aliphatic rings. The second-order valence-corrected chi connectivity index (χ2v) is 9.19. The van der Waals surface area contributed by atoms with Crippen LogP contribution in [0.3, 0.4) is 0 Å². The van der Waals surface area contributed by atoms with E-state index in [0.717, 1.165) is 30.0 Å². The number of nitrogens with zero attached hydrogens (tertiary/aromatic N) is 4. The van der Waals surface area contributed by atoms with E-state index in [1.807, 2.05) is 49.4 Å². The summed E-state index contributed by atoms with van der Waals surface area (Å²) in [5, 5.41) is 4.51. The van der Waals surface area contributed by atoms with Gasteiger partial charge < -0.3 is 20.3 Å². The summed E-state index contributed by atoms with van der Waals surface area (Å²) in [6, 6.07) is 7.25. The number of rotatable bonds is 5. The minimum Gasteiger partial charge on any atom is -0.497 e. The van der Waals surface area contributed by atoms with Crippen LogP contribution in [0.4, 0.5) is 11.4 Å². The second-order valence-electron chi connectivity index (χ2n) is 9.19. The molecule has 3 heterocycles. The highest BCUT2D eigenvalue weighted by atomic mass is 16.5. The Morgan fingerprint density at radius 2 is 1.77 bits per heavy atom. The number of piperidine rings is 1. The average Bonchev–Trinajstić information content (AvgIpc) is 3.25. The van der Waals surface area contributed by atoms with E-state index in [1.165, 1.54) is 0 Å². The van der Waals surface area contributed by atoms with Crippen molar-refractivity contribution in [3.05, 3.63) is 65.2 Å². The first-order chi connectivity index (χ1) is 16.9. The van der Waals surface area contributed by atoms with Crippen LogP contribution in [-0.2, 0) is 16.0 Å². The Morgan fingerprint density at radius 3 is 2.40 bits per heavy atom. The Bertz CT molecular complexity index is 1240. The predicted molar refractivity (Wildman–Crippen MR) is 131 cm³/mol. The zero-order valence-corrected chi connectivity index (χ0v) is 19.9. The lowest BCUT2D eigenvalue weighted by molar-refractivity contribution is -0.119. The Labute approximate surface area is 203 Å². The van der Waals surface area contributed by atoms with Gasteiger partial charge in [-0.05, 0) is 55.7 Å². The highest BCUT2D eigenvalue weighted by molar-refractivity contribution is 6.09. The minimum atomic E-state index is -0.641. The fraction of sp³-hybridized carbons (Fsp3) is 0.385. The molecule has 1 saturated heterocycles. The van der Waals surface area contributed by atoms with Crippen molar-refractivity contribution >= 4 is 29.1 Å². The molecule has 2 atom stereocenters. The van der Waals surface area contributed by atoms with Gasteiger partial charge in [-0.1, -0.05) is 13.0 Å². The lowest BCUT2D eigenvalue weighted by atomic mass is 9.95. The molecule has 1 aromatic carbocycles. The number of carbonyl (C=O) groups excluding carboxylic acids is 3. The maximum absolute atomic E-state index is 13.8. The molecule has 35 heavy (non-hydrogen) atoms. The molecular formula is C26H29N5O4. The lowest BCUT2D eigenvalue weighted by Crippen LogP contribution is -2.40. The molecule has 3 amide bonds. The molecule has 0 bridgehead atoms. The van der Waals surface area contributed by atoms with Crippen LogP contribution < -0.4 is 15.5 Å². The van der Waals surface area contributed by atoms with Gasteiger partial charge in [0, 0.05) is 42.4 Å². The quantitative estimate of drug-likeness (QED) is 0.715. The Balaban J connectivity index is 1.47. The van der Waals surface area contributed by atoms with Crippen molar-refractivity contribution in [2.45, 2.75) is 38.6 Å². The van der Waals surface area contributed by atoms with Crippen molar-refractivity contribution in [2.75, 3.05) is 30.0 Å². The van der Waals surface area contributed by atoms with E-state index in [2.05, 4.69) is 5.10 Å². The van der Waals surface area contributed by atoms with Gasteiger partial charge in [0.1, 0.15) is 11.5 Å². The first kappa shape index (κ1) is 22.9. The second kappa shape index (κ2) is 9.05. The van der Waals surface area contributed by atoms with E-state index >= 15 is 0 Å². The number of hydrogen-bond acceptors (Lipinski definition) is 5. The van der Waals surface area contributed by atoms with Gasteiger partial charge in [0.05, 0.1) is 13.2 Å². The first-order valence-electron chi connectivity index (χ1n) is 12.0. The summed E-state index contributed by atoms with van der Waals surface area (Å²) in [6.07, 6.45) is 8.69. The standard InChI is InChI=1S/C26H29N5O4/c1-16-15-19(35-2)10-11-21(16)31-24-20(23(28-31)25(27)33)12-14-30(26(24)34)18-8-6-17(7-9-18)29-13-4-3-5-22(29)32/h6-11,15-16,21H,3-5,12-14H2,1-2H3,(H2,27,33). The number of ether oxygens (including phenoxy) is 1.